The minimum atomic E-state index is -0.985. The first-order chi connectivity index (χ1) is 6.56. The van der Waals surface area contributed by atoms with Crippen LogP contribution in [-0.2, 0) is 23.9 Å². The summed E-state index contributed by atoms with van der Waals surface area (Å²) in [5.74, 6) is 2.18. The maximum absolute atomic E-state index is 11.1. The van der Waals surface area contributed by atoms with Gasteiger partial charge in [-0.15, -0.1) is 0 Å². The molecule has 0 fully saturated rings. The summed E-state index contributed by atoms with van der Waals surface area (Å²) in [4.78, 5) is 32.6. The normalized spacial score (nSPS) is 10.6. The molecule has 2 N–H and O–H groups in total. The molecule has 0 aliphatic heterocycles. The van der Waals surface area contributed by atoms with Crippen LogP contribution < -0.4 is 5.84 Å². The summed E-state index contributed by atoms with van der Waals surface area (Å²) < 4.78 is 8.44. The van der Waals surface area contributed by atoms with E-state index in [9.17, 15) is 14.4 Å². The molecule has 0 spiro atoms. The number of hydrogen-bond donors (Lipinski definition) is 1. The minimum Gasteiger partial charge on any atom is -0.469 e. The Morgan fingerprint density at radius 2 is 1.79 bits per heavy atom. The number of hydrazone groups is 1. The van der Waals surface area contributed by atoms with E-state index in [-0.39, 0.29) is 0 Å². The summed E-state index contributed by atoms with van der Waals surface area (Å²) >= 11 is 0. The zero-order valence-corrected chi connectivity index (χ0v) is 7.77. The Bertz CT molecular complexity index is 284. The highest BCUT2D eigenvalue weighted by molar-refractivity contribution is 6.65. The largest absolute Gasteiger partial charge is 0.469 e. The number of Topliss-reactive ketones (excluding diaryl/α,β-unsaturated/α-hetero) is 1. The van der Waals surface area contributed by atoms with Crippen LogP contribution in [0.3, 0.4) is 0 Å². The first-order valence-electron chi connectivity index (χ1n) is 3.53. The van der Waals surface area contributed by atoms with Gasteiger partial charge in [0.15, 0.2) is 0 Å². The van der Waals surface area contributed by atoms with Gasteiger partial charge in [0.2, 0.25) is 11.5 Å². The van der Waals surface area contributed by atoms with Gasteiger partial charge in [0, 0.05) is 0 Å². The van der Waals surface area contributed by atoms with E-state index in [1.165, 1.54) is 0 Å². The molecule has 0 radical (unpaired) electrons. The Labute approximate surface area is 79.8 Å². The lowest BCUT2D eigenvalue weighted by Crippen LogP contribution is -2.28. The van der Waals surface area contributed by atoms with E-state index >= 15 is 0 Å². The Balaban J connectivity index is 4.50. The van der Waals surface area contributed by atoms with Gasteiger partial charge in [-0.2, -0.15) is 5.10 Å². The van der Waals surface area contributed by atoms with E-state index in [2.05, 4.69) is 14.6 Å². The molecule has 7 nitrogen and oxygen atoms in total. The van der Waals surface area contributed by atoms with Crippen LogP contribution in [0, 0.1) is 0 Å². The molecule has 0 atom stereocenters. The molecule has 0 bridgehead atoms. The van der Waals surface area contributed by atoms with Gasteiger partial charge in [-0.3, -0.25) is 9.59 Å². The number of nitrogens with two attached hydrogens (primary N) is 1. The number of carbonyl (C=O) groups is 3. The highest BCUT2D eigenvalue weighted by Gasteiger charge is 2.23. The zero-order chi connectivity index (χ0) is 11.1. The van der Waals surface area contributed by atoms with E-state index in [1.54, 1.807) is 0 Å². The van der Waals surface area contributed by atoms with Crippen LogP contribution >= 0.6 is 0 Å². The summed E-state index contributed by atoms with van der Waals surface area (Å²) in [5.41, 5.74) is -0.613. The monoisotopic (exact) mass is 202 g/mol. The van der Waals surface area contributed by atoms with Crippen molar-refractivity contribution in [3.8, 4) is 0 Å². The SMILES string of the molecule is COC(=O)CC(=O)C(=NN)C(=O)OC. The molecule has 7 heteroatoms. The molecular weight excluding hydrogens is 192 g/mol. The summed E-state index contributed by atoms with van der Waals surface area (Å²) in [5, 5.41) is 2.93. The van der Waals surface area contributed by atoms with E-state index in [1.807, 2.05) is 0 Å². The minimum absolute atomic E-state index is 0.596. The third kappa shape index (κ3) is 3.21. The third-order valence-electron chi connectivity index (χ3n) is 1.30. The van der Waals surface area contributed by atoms with Crippen LogP contribution in [-0.4, -0.2) is 37.7 Å². The van der Waals surface area contributed by atoms with Crippen LogP contribution in [0.1, 0.15) is 6.42 Å². The van der Waals surface area contributed by atoms with Crippen LogP contribution in [0.5, 0.6) is 0 Å². The average Bonchev–Trinajstić information content (AvgIpc) is 2.18. The van der Waals surface area contributed by atoms with Gasteiger partial charge >= 0.3 is 11.9 Å². The van der Waals surface area contributed by atoms with Gasteiger partial charge in [-0.1, -0.05) is 0 Å². The number of nitrogens with zero attached hydrogens (tertiary/aromatic N) is 1. The zero-order valence-electron chi connectivity index (χ0n) is 7.77. The van der Waals surface area contributed by atoms with Crippen molar-refractivity contribution in [1.29, 1.82) is 0 Å². The first-order valence-corrected chi connectivity index (χ1v) is 3.53. The van der Waals surface area contributed by atoms with E-state index < -0.39 is 29.9 Å². The van der Waals surface area contributed by atoms with Crippen molar-refractivity contribution in [3.05, 3.63) is 0 Å². The van der Waals surface area contributed by atoms with Crippen molar-refractivity contribution in [3.63, 3.8) is 0 Å². The number of rotatable bonds is 4. The van der Waals surface area contributed by atoms with E-state index in [0.717, 1.165) is 14.2 Å². The molecule has 0 aromatic carbocycles. The number of carbonyl (C=O) groups excluding carboxylic acids is 3. The fourth-order valence-electron chi connectivity index (χ4n) is 0.622. The molecule has 0 rings (SSSR count). The number of ketones is 1. The van der Waals surface area contributed by atoms with E-state index in [0.29, 0.717) is 0 Å². The van der Waals surface area contributed by atoms with Crippen molar-refractivity contribution in [1.82, 2.24) is 0 Å². The molecule has 0 amide bonds. The van der Waals surface area contributed by atoms with Gasteiger partial charge < -0.3 is 15.3 Å². The standard InChI is InChI=1S/C7H10N2O5/c1-13-5(11)3-4(10)6(9-8)7(12)14-2/h3,8H2,1-2H3. The molecule has 0 heterocycles. The van der Waals surface area contributed by atoms with Crippen LogP contribution in [0.2, 0.25) is 0 Å². The topological polar surface area (TPSA) is 108 Å². The van der Waals surface area contributed by atoms with Crippen molar-refractivity contribution in [2.75, 3.05) is 14.2 Å². The Morgan fingerprint density at radius 1 is 1.21 bits per heavy atom. The van der Waals surface area contributed by atoms with Gasteiger partial charge in [-0.05, 0) is 0 Å². The second kappa shape index (κ2) is 5.68. The molecule has 78 valence electrons. The summed E-state index contributed by atoms with van der Waals surface area (Å²) in [7, 11) is 2.19. The second-order valence-corrected chi connectivity index (χ2v) is 2.15. The molecule has 0 saturated carbocycles. The predicted molar refractivity (Wildman–Crippen MR) is 45.3 cm³/mol. The van der Waals surface area contributed by atoms with Gasteiger partial charge in [0.05, 0.1) is 14.2 Å². The summed E-state index contributed by atoms with van der Waals surface area (Å²) in [6.45, 7) is 0. The number of ether oxygens (including phenoxy) is 2. The second-order valence-electron chi connectivity index (χ2n) is 2.15. The summed E-state index contributed by atoms with van der Waals surface area (Å²) in [6.07, 6.45) is -0.596. The smallest absolute Gasteiger partial charge is 0.362 e. The molecule has 0 unspecified atom stereocenters. The molecule has 14 heavy (non-hydrogen) atoms. The highest BCUT2D eigenvalue weighted by Crippen LogP contribution is 1.92. The molecule has 0 aliphatic rings. The van der Waals surface area contributed by atoms with Crippen LogP contribution in [0.4, 0.5) is 0 Å². The Morgan fingerprint density at radius 3 is 2.14 bits per heavy atom. The Kier molecular flexibility index (Phi) is 4.90. The fourth-order valence-corrected chi connectivity index (χ4v) is 0.622. The van der Waals surface area contributed by atoms with Gasteiger partial charge in [-0.25, -0.2) is 4.79 Å². The maximum atomic E-state index is 11.1. The summed E-state index contributed by atoms with van der Waals surface area (Å²) in [6, 6.07) is 0. The maximum Gasteiger partial charge on any atom is 0.362 e. The lowest BCUT2D eigenvalue weighted by Gasteiger charge is -2.00. The Hall–Kier alpha value is -1.92. The van der Waals surface area contributed by atoms with Crippen molar-refractivity contribution in [2.45, 2.75) is 6.42 Å². The molecule has 0 saturated heterocycles. The lowest BCUT2D eigenvalue weighted by atomic mass is 10.2. The van der Waals surface area contributed by atoms with Crippen molar-refractivity contribution < 1.29 is 23.9 Å². The van der Waals surface area contributed by atoms with Crippen molar-refractivity contribution >= 4 is 23.4 Å². The third-order valence-corrected chi connectivity index (χ3v) is 1.30. The molecule has 0 aliphatic carbocycles. The number of methoxy groups -OCH3 is 2. The van der Waals surface area contributed by atoms with Crippen LogP contribution in [0.25, 0.3) is 0 Å². The van der Waals surface area contributed by atoms with Gasteiger partial charge in [0.25, 0.3) is 0 Å². The molecular formula is C7H10N2O5. The number of hydrogen-bond acceptors (Lipinski definition) is 7. The molecule has 0 aromatic rings. The van der Waals surface area contributed by atoms with E-state index in [4.69, 9.17) is 5.84 Å². The quantitative estimate of drug-likeness (QED) is 0.197. The number of esters is 2. The van der Waals surface area contributed by atoms with Crippen LogP contribution in [0.15, 0.2) is 5.10 Å². The fraction of sp³-hybridized carbons (Fsp3) is 0.429. The average molecular weight is 202 g/mol. The van der Waals surface area contributed by atoms with Crippen molar-refractivity contribution in [2.24, 2.45) is 10.9 Å². The lowest BCUT2D eigenvalue weighted by molar-refractivity contribution is -0.142. The predicted octanol–water partition coefficient (Wildman–Crippen LogP) is -1.39. The van der Waals surface area contributed by atoms with Gasteiger partial charge in [0.1, 0.15) is 6.42 Å². The first kappa shape index (κ1) is 12.1. The highest BCUT2D eigenvalue weighted by atomic mass is 16.5. The molecule has 0 aromatic heterocycles.